The van der Waals surface area contributed by atoms with Crippen molar-refractivity contribution in [2.45, 2.75) is 6.04 Å². The number of methoxy groups -OCH3 is 1. The van der Waals surface area contributed by atoms with Crippen molar-refractivity contribution in [3.05, 3.63) is 65.2 Å². The molecule has 0 radical (unpaired) electrons. The zero-order valence-electron chi connectivity index (χ0n) is 11.8. The first kappa shape index (κ1) is 16.5. The van der Waals surface area contributed by atoms with Crippen LogP contribution in [-0.4, -0.2) is 24.0 Å². The Labute approximate surface area is 129 Å². The first-order valence-electron chi connectivity index (χ1n) is 6.38. The van der Waals surface area contributed by atoms with Crippen LogP contribution in [0.25, 0.3) is 0 Å². The van der Waals surface area contributed by atoms with Crippen LogP contribution in [-0.2, 0) is 9.53 Å². The number of hydrogen-bond donors (Lipinski definition) is 1. The van der Waals surface area contributed by atoms with Gasteiger partial charge in [0.15, 0.2) is 6.04 Å². The first-order valence-corrected chi connectivity index (χ1v) is 6.38. The number of pyridine rings is 1. The Hall–Kier alpha value is -2.90. The number of amides is 1. The van der Waals surface area contributed by atoms with E-state index in [0.717, 1.165) is 7.11 Å². The smallest absolute Gasteiger partial charge is 0.334 e. The lowest BCUT2D eigenvalue weighted by Crippen LogP contribution is -2.36. The second-order valence-corrected chi connectivity index (χ2v) is 4.43. The van der Waals surface area contributed by atoms with E-state index in [1.54, 1.807) is 12.1 Å². The van der Waals surface area contributed by atoms with Crippen LogP contribution in [0.4, 0.5) is 13.2 Å². The molecule has 0 aliphatic rings. The van der Waals surface area contributed by atoms with Crippen LogP contribution >= 0.6 is 0 Å². The summed E-state index contributed by atoms with van der Waals surface area (Å²) in [6, 6.07) is 3.94. The van der Waals surface area contributed by atoms with E-state index in [1.807, 2.05) is 0 Å². The molecule has 5 nitrogen and oxygen atoms in total. The zero-order chi connectivity index (χ0) is 17.0. The standard InChI is InChI=1S/C15H11F3N2O3/c1-23-15(22)13(11-4-2-3-5-19-11)20-14(21)12-9(17)6-8(16)7-10(12)18/h2-7,13H,1H3,(H,20,21). The van der Waals surface area contributed by atoms with Gasteiger partial charge < -0.3 is 10.1 Å². The molecule has 0 spiro atoms. The lowest BCUT2D eigenvalue weighted by atomic mass is 10.1. The quantitative estimate of drug-likeness (QED) is 0.875. The Morgan fingerprint density at radius 2 is 1.83 bits per heavy atom. The van der Waals surface area contributed by atoms with Crippen LogP contribution < -0.4 is 5.32 Å². The van der Waals surface area contributed by atoms with Crippen LogP contribution in [0.2, 0.25) is 0 Å². The third kappa shape index (κ3) is 3.65. The second kappa shape index (κ2) is 6.91. The molecule has 0 saturated heterocycles. The average molecular weight is 324 g/mol. The first-order chi connectivity index (χ1) is 10.9. The molecule has 1 unspecified atom stereocenters. The number of benzene rings is 1. The summed E-state index contributed by atoms with van der Waals surface area (Å²) in [6.45, 7) is 0. The van der Waals surface area contributed by atoms with Crippen LogP contribution in [0.5, 0.6) is 0 Å². The molecule has 1 atom stereocenters. The number of carbonyl (C=O) groups excluding carboxylic acids is 2. The highest BCUT2D eigenvalue weighted by atomic mass is 19.1. The van der Waals surface area contributed by atoms with E-state index >= 15 is 0 Å². The molecule has 0 saturated carbocycles. The summed E-state index contributed by atoms with van der Waals surface area (Å²) in [5.74, 6) is -6.04. The summed E-state index contributed by atoms with van der Waals surface area (Å²) in [5, 5.41) is 2.12. The molecule has 0 fully saturated rings. The van der Waals surface area contributed by atoms with E-state index < -0.39 is 40.9 Å². The molecule has 0 aliphatic heterocycles. The Balaban J connectivity index is 2.34. The molecular weight excluding hydrogens is 313 g/mol. The minimum absolute atomic E-state index is 0.121. The maximum Gasteiger partial charge on any atom is 0.334 e. The molecule has 1 N–H and O–H groups in total. The Morgan fingerprint density at radius 3 is 2.35 bits per heavy atom. The molecule has 120 valence electrons. The average Bonchev–Trinajstić information content (AvgIpc) is 2.51. The van der Waals surface area contributed by atoms with Gasteiger partial charge in [-0.1, -0.05) is 6.07 Å². The van der Waals surface area contributed by atoms with Gasteiger partial charge in [0, 0.05) is 18.3 Å². The normalized spacial score (nSPS) is 11.7. The monoisotopic (exact) mass is 324 g/mol. The zero-order valence-corrected chi connectivity index (χ0v) is 11.8. The summed E-state index contributed by atoms with van der Waals surface area (Å²) < 4.78 is 44.7. The van der Waals surface area contributed by atoms with Crippen molar-refractivity contribution in [1.82, 2.24) is 10.3 Å². The molecule has 1 heterocycles. The summed E-state index contributed by atoms with van der Waals surface area (Å²) in [5.41, 5.74) is -0.883. The predicted molar refractivity (Wildman–Crippen MR) is 72.8 cm³/mol. The van der Waals surface area contributed by atoms with Gasteiger partial charge in [-0.15, -0.1) is 0 Å². The number of hydrogen-bond acceptors (Lipinski definition) is 4. The minimum Gasteiger partial charge on any atom is -0.467 e. The molecule has 0 bridgehead atoms. The number of aromatic nitrogens is 1. The molecule has 1 amide bonds. The van der Waals surface area contributed by atoms with Crippen molar-refractivity contribution in [3.63, 3.8) is 0 Å². The molecule has 8 heteroatoms. The third-order valence-corrected chi connectivity index (χ3v) is 2.93. The molecule has 0 aliphatic carbocycles. The predicted octanol–water partition coefficient (Wildman–Crippen LogP) is 2.14. The van der Waals surface area contributed by atoms with Crippen molar-refractivity contribution in [2.24, 2.45) is 0 Å². The molecule has 1 aromatic carbocycles. The maximum absolute atomic E-state index is 13.6. The van der Waals surface area contributed by atoms with Gasteiger partial charge in [-0.3, -0.25) is 9.78 Å². The molecular formula is C15H11F3N2O3. The number of nitrogens with one attached hydrogen (secondary N) is 1. The van der Waals surface area contributed by atoms with Crippen molar-refractivity contribution in [2.75, 3.05) is 7.11 Å². The topological polar surface area (TPSA) is 68.3 Å². The fourth-order valence-corrected chi connectivity index (χ4v) is 1.88. The van der Waals surface area contributed by atoms with Crippen LogP contribution in [0.15, 0.2) is 36.5 Å². The highest BCUT2D eigenvalue weighted by Crippen LogP contribution is 2.17. The molecule has 2 aromatic rings. The van der Waals surface area contributed by atoms with E-state index in [-0.39, 0.29) is 5.69 Å². The lowest BCUT2D eigenvalue weighted by molar-refractivity contribution is -0.143. The van der Waals surface area contributed by atoms with Crippen LogP contribution in [0.3, 0.4) is 0 Å². The highest BCUT2D eigenvalue weighted by molar-refractivity contribution is 5.97. The van der Waals surface area contributed by atoms with Crippen LogP contribution in [0.1, 0.15) is 22.1 Å². The minimum atomic E-state index is -1.38. The number of esters is 1. The van der Waals surface area contributed by atoms with E-state index in [1.165, 1.54) is 12.3 Å². The number of halogens is 3. The van der Waals surface area contributed by atoms with E-state index in [0.29, 0.717) is 12.1 Å². The van der Waals surface area contributed by atoms with E-state index in [9.17, 15) is 22.8 Å². The van der Waals surface area contributed by atoms with Gasteiger partial charge in [0.05, 0.1) is 12.8 Å². The van der Waals surface area contributed by atoms with Crippen molar-refractivity contribution in [3.8, 4) is 0 Å². The van der Waals surface area contributed by atoms with E-state index in [2.05, 4.69) is 15.0 Å². The van der Waals surface area contributed by atoms with Gasteiger partial charge in [0.2, 0.25) is 0 Å². The SMILES string of the molecule is COC(=O)C(NC(=O)c1c(F)cc(F)cc1F)c1ccccn1. The van der Waals surface area contributed by atoms with Gasteiger partial charge in [-0.25, -0.2) is 18.0 Å². The summed E-state index contributed by atoms with van der Waals surface area (Å²) >= 11 is 0. The summed E-state index contributed by atoms with van der Waals surface area (Å²) in [6.07, 6.45) is 1.37. The maximum atomic E-state index is 13.6. The van der Waals surface area contributed by atoms with Gasteiger partial charge in [-0.05, 0) is 12.1 Å². The highest BCUT2D eigenvalue weighted by Gasteiger charge is 2.28. The van der Waals surface area contributed by atoms with Crippen molar-refractivity contribution in [1.29, 1.82) is 0 Å². The van der Waals surface area contributed by atoms with Gasteiger partial charge in [0.1, 0.15) is 23.0 Å². The van der Waals surface area contributed by atoms with Crippen molar-refractivity contribution < 1.29 is 27.5 Å². The Morgan fingerprint density at radius 1 is 1.17 bits per heavy atom. The largest absolute Gasteiger partial charge is 0.467 e. The fraction of sp³-hybridized carbons (Fsp3) is 0.133. The second-order valence-electron chi connectivity index (χ2n) is 4.43. The van der Waals surface area contributed by atoms with Crippen LogP contribution in [0, 0.1) is 17.5 Å². The summed E-state index contributed by atoms with van der Waals surface area (Å²) in [4.78, 5) is 27.7. The van der Waals surface area contributed by atoms with E-state index in [4.69, 9.17) is 0 Å². The number of rotatable bonds is 4. The number of carbonyl (C=O) groups is 2. The van der Waals surface area contributed by atoms with Gasteiger partial charge in [0.25, 0.3) is 5.91 Å². The van der Waals surface area contributed by atoms with Gasteiger partial charge >= 0.3 is 5.97 Å². The summed E-state index contributed by atoms with van der Waals surface area (Å²) in [7, 11) is 1.09. The number of ether oxygens (including phenoxy) is 1. The molecule has 2 rings (SSSR count). The number of nitrogens with zero attached hydrogens (tertiary/aromatic N) is 1. The third-order valence-electron chi connectivity index (χ3n) is 2.93. The lowest BCUT2D eigenvalue weighted by Gasteiger charge is -2.16. The molecule has 23 heavy (non-hydrogen) atoms. The fourth-order valence-electron chi connectivity index (χ4n) is 1.88. The van der Waals surface area contributed by atoms with Crippen molar-refractivity contribution >= 4 is 11.9 Å². The molecule has 1 aromatic heterocycles. The Bertz CT molecular complexity index is 715. The van der Waals surface area contributed by atoms with Gasteiger partial charge in [-0.2, -0.15) is 0 Å². The Kier molecular flexibility index (Phi) is 4.95.